The molecule has 2 fully saturated rings. The lowest BCUT2D eigenvalue weighted by molar-refractivity contribution is -0.137. The van der Waals surface area contributed by atoms with Crippen LogP contribution in [0, 0.1) is 5.92 Å². The van der Waals surface area contributed by atoms with Gasteiger partial charge < -0.3 is 20.3 Å². The van der Waals surface area contributed by atoms with Gasteiger partial charge in [-0.25, -0.2) is 0 Å². The molecule has 2 saturated heterocycles. The van der Waals surface area contributed by atoms with E-state index in [1.54, 1.807) is 9.80 Å². The lowest BCUT2D eigenvalue weighted by atomic mass is 10.1. The Labute approximate surface area is 130 Å². The molecule has 0 aromatic heterocycles. The number of hydrogen-bond donors (Lipinski definition) is 1. The summed E-state index contributed by atoms with van der Waals surface area (Å²) in [6.07, 6.45) is 0. The lowest BCUT2D eigenvalue weighted by Gasteiger charge is -2.30. The van der Waals surface area contributed by atoms with Crippen LogP contribution in [0.4, 0.5) is 0 Å². The minimum Gasteiger partial charge on any atom is -0.378 e. The average Bonchev–Trinajstić information content (AvgIpc) is 2.71. The summed E-state index contributed by atoms with van der Waals surface area (Å²) in [5, 5.41) is 0. The lowest BCUT2D eigenvalue weighted by Crippen LogP contribution is -2.47. The van der Waals surface area contributed by atoms with Gasteiger partial charge >= 0.3 is 0 Å². The molecule has 0 saturated carbocycles. The molecule has 0 aromatic rings. The van der Waals surface area contributed by atoms with Crippen molar-refractivity contribution in [1.29, 1.82) is 0 Å². The van der Waals surface area contributed by atoms with E-state index >= 15 is 0 Å². The monoisotopic (exact) mass is 312 g/mol. The van der Waals surface area contributed by atoms with Crippen molar-refractivity contribution in [2.24, 2.45) is 11.7 Å². The summed E-state index contributed by atoms with van der Waals surface area (Å²) in [5.74, 6) is -0.920. The molecule has 0 unspecified atom stereocenters. The third-order valence-corrected chi connectivity index (χ3v) is 4.18. The minimum absolute atomic E-state index is 0.0304. The van der Waals surface area contributed by atoms with Gasteiger partial charge in [0.15, 0.2) is 0 Å². The maximum atomic E-state index is 12.3. The van der Waals surface area contributed by atoms with Gasteiger partial charge in [-0.3, -0.25) is 19.3 Å². The molecular weight excluding hydrogens is 288 g/mol. The van der Waals surface area contributed by atoms with E-state index in [0.717, 1.165) is 0 Å². The molecule has 2 N–H and O–H groups in total. The van der Waals surface area contributed by atoms with Crippen LogP contribution in [0.3, 0.4) is 0 Å². The number of nitrogens with zero attached hydrogens (tertiary/aromatic N) is 3. The number of primary amides is 1. The molecule has 124 valence electrons. The Hall–Kier alpha value is -1.67. The van der Waals surface area contributed by atoms with Crippen molar-refractivity contribution in [3.05, 3.63) is 0 Å². The number of morpholine rings is 1. The first-order valence-corrected chi connectivity index (χ1v) is 7.60. The first-order chi connectivity index (χ1) is 10.5. The largest absolute Gasteiger partial charge is 0.378 e. The summed E-state index contributed by atoms with van der Waals surface area (Å²) >= 11 is 0. The second-order valence-electron chi connectivity index (χ2n) is 5.79. The number of carbonyl (C=O) groups is 3. The first-order valence-electron chi connectivity index (χ1n) is 7.60. The Balaban J connectivity index is 1.95. The predicted octanol–water partition coefficient (Wildman–Crippen LogP) is -1.89. The van der Waals surface area contributed by atoms with Crippen LogP contribution in [0.5, 0.6) is 0 Å². The van der Waals surface area contributed by atoms with Crippen molar-refractivity contribution in [1.82, 2.24) is 14.7 Å². The van der Waals surface area contributed by atoms with Gasteiger partial charge in [0.1, 0.15) is 0 Å². The van der Waals surface area contributed by atoms with E-state index in [-0.39, 0.29) is 18.4 Å². The highest BCUT2D eigenvalue weighted by Crippen LogP contribution is 2.10. The highest BCUT2D eigenvalue weighted by Gasteiger charge is 2.29. The fourth-order valence-corrected chi connectivity index (χ4v) is 2.79. The van der Waals surface area contributed by atoms with Crippen LogP contribution in [0.25, 0.3) is 0 Å². The molecule has 2 rings (SSSR count). The van der Waals surface area contributed by atoms with Gasteiger partial charge in [-0.05, 0) is 0 Å². The number of nitrogens with two attached hydrogens (primary N) is 1. The molecule has 22 heavy (non-hydrogen) atoms. The van der Waals surface area contributed by atoms with Crippen molar-refractivity contribution in [2.75, 3.05) is 59.0 Å². The van der Waals surface area contributed by atoms with Crippen molar-refractivity contribution in [3.8, 4) is 0 Å². The zero-order chi connectivity index (χ0) is 16.1. The summed E-state index contributed by atoms with van der Waals surface area (Å²) in [5.41, 5.74) is 5.42. The Morgan fingerprint density at radius 1 is 1.05 bits per heavy atom. The highest BCUT2D eigenvalue weighted by molar-refractivity contribution is 5.80. The van der Waals surface area contributed by atoms with E-state index < -0.39 is 11.8 Å². The number of amides is 3. The van der Waals surface area contributed by atoms with Crippen LogP contribution in [-0.4, -0.2) is 91.4 Å². The molecule has 2 aliphatic heterocycles. The number of carbonyl (C=O) groups excluding carboxylic acids is 3. The van der Waals surface area contributed by atoms with Crippen LogP contribution in [-0.2, 0) is 19.1 Å². The summed E-state index contributed by atoms with van der Waals surface area (Å²) in [7, 11) is 0. The molecule has 0 bridgehead atoms. The molecule has 0 spiro atoms. The van der Waals surface area contributed by atoms with E-state index in [9.17, 15) is 14.4 Å². The SMILES string of the molecule is CC(=O)N1CCN(CC(=O)N2CCOCC2)C[C@@H](C(N)=O)C1. The standard InChI is InChI=1S/C14H24N4O4/c1-11(19)18-3-2-16(8-12(9-18)14(15)21)10-13(20)17-4-6-22-7-5-17/h12H,2-10H2,1H3,(H2,15,21)/t12-/m1/s1. The number of ether oxygens (including phenoxy) is 1. The second kappa shape index (κ2) is 7.55. The summed E-state index contributed by atoms with van der Waals surface area (Å²) in [6.45, 7) is 5.87. The molecule has 8 nitrogen and oxygen atoms in total. The van der Waals surface area contributed by atoms with E-state index in [0.29, 0.717) is 52.5 Å². The van der Waals surface area contributed by atoms with Crippen LogP contribution in [0.2, 0.25) is 0 Å². The van der Waals surface area contributed by atoms with Gasteiger partial charge in [0.25, 0.3) is 0 Å². The molecule has 3 amide bonds. The Morgan fingerprint density at radius 2 is 1.73 bits per heavy atom. The molecule has 0 aromatic carbocycles. The Morgan fingerprint density at radius 3 is 2.32 bits per heavy atom. The smallest absolute Gasteiger partial charge is 0.236 e. The number of hydrogen-bond acceptors (Lipinski definition) is 5. The molecule has 8 heteroatoms. The Bertz CT molecular complexity index is 437. The molecular formula is C14H24N4O4. The van der Waals surface area contributed by atoms with E-state index in [1.807, 2.05) is 4.90 Å². The fraction of sp³-hybridized carbons (Fsp3) is 0.786. The zero-order valence-corrected chi connectivity index (χ0v) is 13.0. The quantitative estimate of drug-likeness (QED) is 0.657. The van der Waals surface area contributed by atoms with Crippen molar-refractivity contribution in [2.45, 2.75) is 6.92 Å². The van der Waals surface area contributed by atoms with Crippen LogP contribution in [0.15, 0.2) is 0 Å². The second-order valence-corrected chi connectivity index (χ2v) is 5.79. The van der Waals surface area contributed by atoms with Crippen LogP contribution in [0.1, 0.15) is 6.92 Å². The summed E-state index contributed by atoms with van der Waals surface area (Å²) in [4.78, 5) is 40.7. The summed E-state index contributed by atoms with van der Waals surface area (Å²) in [6, 6.07) is 0. The van der Waals surface area contributed by atoms with Crippen LogP contribution < -0.4 is 5.73 Å². The molecule has 0 aliphatic carbocycles. The minimum atomic E-state index is -0.441. The predicted molar refractivity (Wildman–Crippen MR) is 78.8 cm³/mol. The molecule has 2 heterocycles. The molecule has 1 atom stereocenters. The zero-order valence-electron chi connectivity index (χ0n) is 13.0. The first kappa shape index (κ1) is 16.7. The topological polar surface area (TPSA) is 96.2 Å². The van der Waals surface area contributed by atoms with E-state index in [2.05, 4.69) is 0 Å². The maximum Gasteiger partial charge on any atom is 0.236 e. The number of rotatable bonds is 3. The van der Waals surface area contributed by atoms with Gasteiger partial charge in [0.2, 0.25) is 17.7 Å². The summed E-state index contributed by atoms with van der Waals surface area (Å²) < 4.78 is 5.24. The van der Waals surface area contributed by atoms with Gasteiger partial charge in [-0.1, -0.05) is 0 Å². The van der Waals surface area contributed by atoms with E-state index in [4.69, 9.17) is 10.5 Å². The van der Waals surface area contributed by atoms with Crippen molar-refractivity contribution >= 4 is 17.7 Å². The van der Waals surface area contributed by atoms with Gasteiger partial charge in [0.05, 0.1) is 25.7 Å². The fourth-order valence-electron chi connectivity index (χ4n) is 2.79. The molecule has 0 radical (unpaired) electrons. The van der Waals surface area contributed by atoms with Gasteiger partial charge in [-0.2, -0.15) is 0 Å². The van der Waals surface area contributed by atoms with Gasteiger partial charge in [-0.15, -0.1) is 0 Å². The van der Waals surface area contributed by atoms with Crippen molar-refractivity contribution in [3.63, 3.8) is 0 Å². The molecule has 2 aliphatic rings. The normalized spacial score (nSPS) is 24.0. The van der Waals surface area contributed by atoms with E-state index in [1.165, 1.54) is 6.92 Å². The third kappa shape index (κ3) is 4.41. The average molecular weight is 312 g/mol. The Kier molecular flexibility index (Phi) is 5.73. The maximum absolute atomic E-state index is 12.3. The van der Waals surface area contributed by atoms with Crippen molar-refractivity contribution < 1.29 is 19.1 Å². The van der Waals surface area contributed by atoms with Crippen LogP contribution >= 0.6 is 0 Å². The third-order valence-electron chi connectivity index (χ3n) is 4.18. The van der Waals surface area contributed by atoms with Gasteiger partial charge in [0, 0.05) is 46.2 Å². The highest BCUT2D eigenvalue weighted by atomic mass is 16.5.